The molecule has 2 saturated heterocycles. The Hall–Kier alpha value is -2.66. The largest absolute Gasteiger partial charge is 0.433 e. The Labute approximate surface area is 172 Å². The standard InChI is InChI=1S/C19H24F2N6O3/c1-10-8-28-9-11(2)27(10)18-24-17(13-7-23-14(22)6-12(13)16(20)21)25-19(26-18)30-15-4-3-5-29-15/h6-7,10-11,15-16H,3-5,8-9H2,1-2H3,(H2,22,23)/t10-,11-,15?/m1/s1. The van der Waals surface area contributed by atoms with Gasteiger partial charge in [0, 0.05) is 23.7 Å². The van der Waals surface area contributed by atoms with Crippen LogP contribution in [0.3, 0.4) is 0 Å². The fourth-order valence-corrected chi connectivity index (χ4v) is 3.65. The number of nitrogen functional groups attached to an aromatic ring is 1. The van der Waals surface area contributed by atoms with Crippen LogP contribution in [-0.4, -0.2) is 58.1 Å². The number of anilines is 2. The number of hydrogen-bond acceptors (Lipinski definition) is 9. The Balaban J connectivity index is 1.79. The van der Waals surface area contributed by atoms with E-state index in [0.29, 0.717) is 32.2 Å². The number of aromatic nitrogens is 4. The molecule has 2 fully saturated rings. The second kappa shape index (κ2) is 8.60. The zero-order chi connectivity index (χ0) is 21.3. The minimum Gasteiger partial charge on any atom is -0.433 e. The zero-order valence-corrected chi connectivity index (χ0v) is 16.8. The van der Waals surface area contributed by atoms with Crippen LogP contribution < -0.4 is 15.4 Å². The van der Waals surface area contributed by atoms with Gasteiger partial charge in [-0.3, -0.25) is 0 Å². The van der Waals surface area contributed by atoms with Gasteiger partial charge in [0.25, 0.3) is 6.43 Å². The molecule has 3 atom stereocenters. The fraction of sp³-hybridized carbons (Fsp3) is 0.579. The molecule has 4 heterocycles. The first kappa shape index (κ1) is 20.6. The average molecular weight is 422 g/mol. The third-order valence-corrected chi connectivity index (χ3v) is 5.06. The molecule has 0 amide bonds. The molecule has 162 valence electrons. The molecule has 9 nitrogen and oxygen atoms in total. The summed E-state index contributed by atoms with van der Waals surface area (Å²) in [6.45, 7) is 5.55. The molecule has 2 aliphatic heterocycles. The number of rotatable bonds is 5. The Morgan fingerprint density at radius 2 is 1.97 bits per heavy atom. The Kier molecular flexibility index (Phi) is 5.91. The summed E-state index contributed by atoms with van der Waals surface area (Å²) in [5, 5.41) is 0. The van der Waals surface area contributed by atoms with Crippen molar-refractivity contribution < 1.29 is 23.0 Å². The van der Waals surface area contributed by atoms with Crippen molar-refractivity contribution in [3.05, 3.63) is 17.8 Å². The molecular formula is C19H24F2N6O3. The van der Waals surface area contributed by atoms with Gasteiger partial charge in [-0.15, -0.1) is 0 Å². The van der Waals surface area contributed by atoms with E-state index < -0.39 is 12.7 Å². The molecule has 0 aliphatic carbocycles. The monoisotopic (exact) mass is 422 g/mol. The molecule has 0 saturated carbocycles. The van der Waals surface area contributed by atoms with Gasteiger partial charge in [0.1, 0.15) is 5.82 Å². The van der Waals surface area contributed by atoms with Crippen LogP contribution >= 0.6 is 0 Å². The normalized spacial score (nSPS) is 24.4. The summed E-state index contributed by atoms with van der Waals surface area (Å²) in [4.78, 5) is 19.2. The van der Waals surface area contributed by atoms with E-state index in [2.05, 4.69) is 19.9 Å². The third kappa shape index (κ3) is 4.26. The van der Waals surface area contributed by atoms with Crippen molar-refractivity contribution in [1.29, 1.82) is 0 Å². The number of nitrogens with two attached hydrogens (primary N) is 1. The van der Waals surface area contributed by atoms with Crippen molar-refractivity contribution in [3.8, 4) is 17.4 Å². The van der Waals surface area contributed by atoms with E-state index in [1.165, 1.54) is 6.20 Å². The van der Waals surface area contributed by atoms with Crippen LogP contribution in [0.4, 0.5) is 20.5 Å². The van der Waals surface area contributed by atoms with Crippen molar-refractivity contribution in [2.75, 3.05) is 30.5 Å². The highest BCUT2D eigenvalue weighted by Crippen LogP contribution is 2.32. The Morgan fingerprint density at radius 1 is 1.20 bits per heavy atom. The minimum atomic E-state index is -2.77. The number of ether oxygens (including phenoxy) is 3. The lowest BCUT2D eigenvalue weighted by Gasteiger charge is -2.38. The van der Waals surface area contributed by atoms with Gasteiger partial charge in [-0.1, -0.05) is 0 Å². The first-order valence-electron chi connectivity index (χ1n) is 9.86. The highest BCUT2D eigenvalue weighted by atomic mass is 19.3. The quantitative estimate of drug-likeness (QED) is 0.777. The minimum absolute atomic E-state index is 0.00502. The predicted molar refractivity (Wildman–Crippen MR) is 104 cm³/mol. The second-order valence-electron chi connectivity index (χ2n) is 7.44. The van der Waals surface area contributed by atoms with E-state index >= 15 is 0 Å². The maximum Gasteiger partial charge on any atom is 0.324 e. The number of pyridine rings is 1. The number of hydrogen-bond donors (Lipinski definition) is 1. The molecule has 4 rings (SSSR count). The lowest BCUT2D eigenvalue weighted by molar-refractivity contribution is -0.0446. The van der Waals surface area contributed by atoms with Crippen LogP contribution in [0.2, 0.25) is 0 Å². The van der Waals surface area contributed by atoms with Crippen molar-refractivity contribution >= 4 is 11.8 Å². The van der Waals surface area contributed by atoms with Gasteiger partial charge in [-0.2, -0.15) is 15.0 Å². The van der Waals surface area contributed by atoms with Gasteiger partial charge in [0.2, 0.25) is 12.2 Å². The predicted octanol–water partition coefficient (Wildman–Crippen LogP) is 2.58. The summed E-state index contributed by atoms with van der Waals surface area (Å²) in [6, 6.07) is 1.12. The molecule has 11 heteroatoms. The van der Waals surface area contributed by atoms with Crippen molar-refractivity contribution in [2.24, 2.45) is 0 Å². The Bertz CT molecular complexity index is 887. The second-order valence-corrected chi connectivity index (χ2v) is 7.44. The highest BCUT2D eigenvalue weighted by Gasteiger charge is 2.30. The molecule has 30 heavy (non-hydrogen) atoms. The van der Waals surface area contributed by atoms with Gasteiger partial charge in [0.05, 0.1) is 31.9 Å². The van der Waals surface area contributed by atoms with E-state index in [9.17, 15) is 8.78 Å². The lowest BCUT2D eigenvalue weighted by atomic mass is 10.1. The third-order valence-electron chi connectivity index (χ3n) is 5.06. The van der Waals surface area contributed by atoms with Gasteiger partial charge in [0.15, 0.2) is 5.82 Å². The highest BCUT2D eigenvalue weighted by molar-refractivity contribution is 5.63. The summed E-state index contributed by atoms with van der Waals surface area (Å²) in [6.07, 6.45) is -0.435. The lowest BCUT2D eigenvalue weighted by Crippen LogP contribution is -2.50. The number of morpholine rings is 1. The molecule has 2 aromatic rings. The van der Waals surface area contributed by atoms with Crippen LogP contribution in [0.25, 0.3) is 11.4 Å². The molecule has 0 aromatic carbocycles. The molecule has 2 N–H and O–H groups in total. The molecule has 1 unspecified atom stereocenters. The Morgan fingerprint density at radius 3 is 2.63 bits per heavy atom. The van der Waals surface area contributed by atoms with Gasteiger partial charge in [-0.25, -0.2) is 13.8 Å². The van der Waals surface area contributed by atoms with E-state index in [0.717, 1.165) is 12.5 Å². The topological polar surface area (TPSA) is 109 Å². The van der Waals surface area contributed by atoms with E-state index in [4.69, 9.17) is 19.9 Å². The van der Waals surface area contributed by atoms with Gasteiger partial charge in [-0.05, 0) is 26.3 Å². The summed E-state index contributed by atoms with van der Waals surface area (Å²) in [7, 11) is 0. The van der Waals surface area contributed by atoms with E-state index in [-0.39, 0.29) is 40.9 Å². The summed E-state index contributed by atoms with van der Waals surface area (Å²) in [5.74, 6) is 0.365. The van der Waals surface area contributed by atoms with Crippen molar-refractivity contribution in [1.82, 2.24) is 19.9 Å². The SMILES string of the molecule is C[C@@H]1COC[C@@H](C)N1c1nc(OC2CCCO2)nc(-c2cnc(N)cc2C(F)F)n1. The molecule has 0 radical (unpaired) electrons. The number of nitrogens with zero attached hydrogens (tertiary/aromatic N) is 5. The van der Waals surface area contributed by atoms with Crippen LogP contribution in [0.1, 0.15) is 38.7 Å². The van der Waals surface area contributed by atoms with Crippen LogP contribution in [0.15, 0.2) is 12.3 Å². The molecule has 2 aliphatic rings. The van der Waals surface area contributed by atoms with Gasteiger partial charge < -0.3 is 24.8 Å². The van der Waals surface area contributed by atoms with Crippen LogP contribution in [-0.2, 0) is 9.47 Å². The summed E-state index contributed by atoms with van der Waals surface area (Å²) < 4.78 is 44.2. The maximum atomic E-state index is 13.7. The first-order valence-corrected chi connectivity index (χ1v) is 9.86. The van der Waals surface area contributed by atoms with Crippen molar-refractivity contribution in [2.45, 2.75) is 51.5 Å². The summed E-state index contributed by atoms with van der Waals surface area (Å²) >= 11 is 0. The number of halogens is 2. The zero-order valence-electron chi connectivity index (χ0n) is 16.8. The molecule has 0 spiro atoms. The van der Waals surface area contributed by atoms with E-state index in [1.807, 2.05) is 18.7 Å². The number of alkyl halides is 2. The molecule has 2 aromatic heterocycles. The van der Waals surface area contributed by atoms with E-state index in [1.54, 1.807) is 0 Å². The van der Waals surface area contributed by atoms with Crippen LogP contribution in [0, 0.1) is 0 Å². The maximum absolute atomic E-state index is 13.7. The molecular weight excluding hydrogens is 398 g/mol. The fourth-order valence-electron chi connectivity index (χ4n) is 3.65. The van der Waals surface area contributed by atoms with Gasteiger partial charge >= 0.3 is 6.01 Å². The first-order chi connectivity index (χ1) is 14.4. The summed E-state index contributed by atoms with van der Waals surface area (Å²) in [5.41, 5.74) is 5.38. The molecule has 0 bridgehead atoms. The average Bonchev–Trinajstić information content (AvgIpc) is 3.20. The van der Waals surface area contributed by atoms with Crippen molar-refractivity contribution in [3.63, 3.8) is 0 Å². The van der Waals surface area contributed by atoms with Crippen LogP contribution in [0.5, 0.6) is 6.01 Å². The smallest absolute Gasteiger partial charge is 0.324 e.